The van der Waals surface area contributed by atoms with Crippen molar-refractivity contribution in [2.75, 3.05) is 0 Å². The van der Waals surface area contributed by atoms with Crippen molar-refractivity contribution < 1.29 is 5.79 Å². The molecule has 8 aromatic carbocycles. The summed E-state index contributed by atoms with van der Waals surface area (Å²) in [4.78, 5) is 0. The second-order valence-electron chi connectivity index (χ2n) is 11.2. The molecule has 200 valence electrons. The zero-order valence-electron chi connectivity index (χ0n) is 24.3. The average molecular weight is 548 g/mol. The van der Waals surface area contributed by atoms with Gasteiger partial charge in [-0.05, 0) is 90.0 Å². The van der Waals surface area contributed by atoms with Crippen LogP contribution in [0.4, 0.5) is 0 Å². The van der Waals surface area contributed by atoms with E-state index >= 15 is 0 Å². The van der Waals surface area contributed by atoms with Crippen molar-refractivity contribution in [2.45, 2.75) is 0 Å². The van der Waals surface area contributed by atoms with Crippen LogP contribution in [0.25, 0.3) is 87.6 Å². The number of hydrogen-bond donors (Lipinski definition) is 0. The van der Waals surface area contributed by atoms with Gasteiger partial charge in [0.15, 0.2) is 0 Å². The highest BCUT2D eigenvalue weighted by atomic mass is 16.3. The lowest BCUT2D eigenvalue weighted by molar-refractivity contribution is 0.669. The number of furan rings is 1. The molecule has 0 spiro atoms. The topological polar surface area (TPSA) is 13.1 Å². The van der Waals surface area contributed by atoms with Gasteiger partial charge in [-0.1, -0.05) is 133 Å². The Kier molecular flexibility index (Phi) is 5.04. The first kappa shape index (κ1) is 23.0. The van der Waals surface area contributed by atoms with Gasteiger partial charge in [-0.15, -0.1) is 0 Å². The molecule has 1 aromatic heterocycles. The van der Waals surface area contributed by atoms with Crippen LogP contribution in [0.15, 0.2) is 162 Å². The van der Waals surface area contributed by atoms with E-state index in [9.17, 15) is 0 Å². The van der Waals surface area contributed by atoms with Crippen molar-refractivity contribution in [1.82, 2.24) is 0 Å². The van der Waals surface area contributed by atoms with E-state index in [2.05, 4.69) is 140 Å². The van der Waals surface area contributed by atoms with Gasteiger partial charge in [-0.2, -0.15) is 0 Å². The molecule has 0 unspecified atom stereocenters. The smallest absolute Gasteiger partial charge is 0.136 e. The van der Waals surface area contributed by atoms with Crippen LogP contribution in [0, 0.1) is 0 Å². The molecule has 0 aliphatic heterocycles. The average Bonchev–Trinajstić information content (AvgIpc) is 3.44. The standard InChI is InChI=1S/C42H26O/c1-2-12-27(13-3-1)40-33-18-6-8-20-35(33)41(36-21-9-7-19-34(36)40)31-17-10-16-30(24-31)32-22-11-23-38-42(32)37-25-28-14-4-5-15-29(28)26-39(37)43-38/h1-26H/i1D. The minimum absolute atomic E-state index is 0.518. The summed E-state index contributed by atoms with van der Waals surface area (Å²) in [5.41, 5.74) is 8.88. The maximum Gasteiger partial charge on any atom is 0.136 e. The Morgan fingerprint density at radius 1 is 0.395 bits per heavy atom. The van der Waals surface area contributed by atoms with Crippen molar-refractivity contribution in [2.24, 2.45) is 0 Å². The first-order chi connectivity index (χ1) is 21.7. The summed E-state index contributed by atoms with van der Waals surface area (Å²) in [7, 11) is 0. The number of rotatable bonds is 3. The van der Waals surface area contributed by atoms with E-state index in [0.717, 1.165) is 33.1 Å². The summed E-state index contributed by atoms with van der Waals surface area (Å²) < 4.78 is 14.4. The summed E-state index contributed by atoms with van der Waals surface area (Å²) >= 11 is 0. The molecule has 0 amide bonds. The molecule has 0 N–H and O–H groups in total. The molecule has 1 heteroatoms. The summed E-state index contributed by atoms with van der Waals surface area (Å²) in [5, 5.41) is 9.52. The first-order valence-electron chi connectivity index (χ1n) is 15.2. The molecule has 0 saturated carbocycles. The zero-order chi connectivity index (χ0) is 29.2. The third kappa shape index (κ3) is 3.72. The quantitative estimate of drug-likeness (QED) is 0.201. The molecule has 1 nitrogen and oxygen atoms in total. The summed E-state index contributed by atoms with van der Waals surface area (Å²) in [6.07, 6.45) is 0. The molecule has 1 heterocycles. The van der Waals surface area contributed by atoms with Crippen molar-refractivity contribution in [3.8, 4) is 33.4 Å². The van der Waals surface area contributed by atoms with Gasteiger partial charge in [-0.25, -0.2) is 0 Å². The molecule has 9 aromatic rings. The van der Waals surface area contributed by atoms with Gasteiger partial charge in [0.25, 0.3) is 0 Å². The van der Waals surface area contributed by atoms with Gasteiger partial charge in [0.2, 0.25) is 0 Å². The fraction of sp³-hybridized carbons (Fsp3) is 0. The monoisotopic (exact) mass is 547 g/mol. The number of fused-ring (bicyclic) bond motifs is 6. The molecule has 43 heavy (non-hydrogen) atoms. The maximum atomic E-state index is 8.03. The van der Waals surface area contributed by atoms with E-state index in [1.165, 1.54) is 54.6 Å². The Morgan fingerprint density at radius 3 is 1.65 bits per heavy atom. The van der Waals surface area contributed by atoms with Gasteiger partial charge >= 0.3 is 0 Å². The van der Waals surface area contributed by atoms with E-state index in [-0.39, 0.29) is 0 Å². The van der Waals surface area contributed by atoms with Gasteiger partial charge in [0, 0.05) is 10.8 Å². The molecule has 0 aliphatic carbocycles. The molecule has 0 radical (unpaired) electrons. The minimum Gasteiger partial charge on any atom is -0.456 e. The molecule has 0 atom stereocenters. The molecule has 0 fully saturated rings. The molecule has 9 rings (SSSR count). The minimum atomic E-state index is 0.518. The fourth-order valence-corrected chi connectivity index (χ4v) is 6.90. The Labute approximate surface area is 250 Å². The van der Waals surface area contributed by atoms with Gasteiger partial charge in [0.05, 0.1) is 1.37 Å². The normalized spacial score (nSPS) is 12.0. The highest BCUT2D eigenvalue weighted by Crippen LogP contribution is 2.45. The van der Waals surface area contributed by atoms with E-state index in [0.29, 0.717) is 6.04 Å². The van der Waals surface area contributed by atoms with Gasteiger partial charge < -0.3 is 4.42 Å². The van der Waals surface area contributed by atoms with Crippen LogP contribution in [0.5, 0.6) is 0 Å². The predicted molar refractivity (Wildman–Crippen MR) is 183 cm³/mol. The van der Waals surface area contributed by atoms with Crippen molar-refractivity contribution in [3.63, 3.8) is 0 Å². The number of hydrogen-bond acceptors (Lipinski definition) is 1. The summed E-state index contributed by atoms with van der Waals surface area (Å²) in [6.45, 7) is 0. The molecular formula is C42H26O. The van der Waals surface area contributed by atoms with E-state index < -0.39 is 0 Å². The molecule has 0 aliphatic rings. The SMILES string of the molecule is [2H]c1ccc(-c2c3ccccc3c(-c3cccc(-c4cccc5oc6cc7ccccc7cc6c45)c3)c3ccccc23)cc1. The Morgan fingerprint density at radius 2 is 0.953 bits per heavy atom. The Hall–Kier alpha value is -5.66. The maximum absolute atomic E-state index is 8.03. The zero-order valence-corrected chi connectivity index (χ0v) is 23.3. The summed E-state index contributed by atoms with van der Waals surface area (Å²) in [5.74, 6) is 0. The van der Waals surface area contributed by atoms with Crippen LogP contribution in [-0.2, 0) is 0 Å². The summed E-state index contributed by atoms with van der Waals surface area (Å²) in [6, 6.07) is 54.0. The largest absolute Gasteiger partial charge is 0.456 e. The Bertz CT molecular complexity index is 2500. The second kappa shape index (κ2) is 9.44. The van der Waals surface area contributed by atoms with Crippen LogP contribution >= 0.6 is 0 Å². The lowest BCUT2D eigenvalue weighted by Crippen LogP contribution is -1.91. The third-order valence-electron chi connectivity index (χ3n) is 8.76. The van der Waals surface area contributed by atoms with Crippen LogP contribution in [0.3, 0.4) is 0 Å². The van der Waals surface area contributed by atoms with Crippen molar-refractivity contribution in [1.29, 1.82) is 0 Å². The van der Waals surface area contributed by atoms with E-state index in [1.807, 2.05) is 12.1 Å². The van der Waals surface area contributed by atoms with Crippen molar-refractivity contribution in [3.05, 3.63) is 158 Å². The predicted octanol–water partition coefficient (Wildman–Crippen LogP) is 12.0. The van der Waals surface area contributed by atoms with Crippen LogP contribution in [-0.4, -0.2) is 0 Å². The van der Waals surface area contributed by atoms with Gasteiger partial charge in [-0.3, -0.25) is 0 Å². The van der Waals surface area contributed by atoms with Crippen LogP contribution < -0.4 is 0 Å². The lowest BCUT2D eigenvalue weighted by atomic mass is 9.85. The Balaban J connectivity index is 1.31. The van der Waals surface area contributed by atoms with Crippen molar-refractivity contribution >= 4 is 54.3 Å². The van der Waals surface area contributed by atoms with Crippen LogP contribution in [0.1, 0.15) is 1.37 Å². The molecule has 0 bridgehead atoms. The highest BCUT2D eigenvalue weighted by molar-refractivity contribution is 6.22. The third-order valence-corrected chi connectivity index (χ3v) is 8.76. The molecular weight excluding hydrogens is 520 g/mol. The van der Waals surface area contributed by atoms with E-state index in [1.54, 1.807) is 0 Å². The van der Waals surface area contributed by atoms with E-state index in [4.69, 9.17) is 5.79 Å². The first-order valence-corrected chi connectivity index (χ1v) is 14.7. The second-order valence-corrected chi connectivity index (χ2v) is 11.2. The van der Waals surface area contributed by atoms with Gasteiger partial charge in [0.1, 0.15) is 11.2 Å². The fourth-order valence-electron chi connectivity index (χ4n) is 6.90. The van der Waals surface area contributed by atoms with Crippen LogP contribution in [0.2, 0.25) is 0 Å². The molecule has 0 saturated heterocycles. The number of benzene rings is 8. The lowest BCUT2D eigenvalue weighted by Gasteiger charge is -2.18. The highest BCUT2D eigenvalue weighted by Gasteiger charge is 2.18.